The standard InChI is InChI=1S/C18H21NO3/c1-10-5-6-18(21)13-9-11-3-4-12(20)15-14(11)17(18,16(10)22-15)7-8-19(13)2/h3-4,13,16,20-21H,1,5-9H2,2H3/t13?,16?,17-,18+/m0/s1. The van der Waals surface area contributed by atoms with Crippen LogP contribution < -0.4 is 4.74 Å². The summed E-state index contributed by atoms with van der Waals surface area (Å²) in [6.07, 6.45) is 2.99. The second kappa shape index (κ2) is 3.69. The van der Waals surface area contributed by atoms with Crippen LogP contribution in [0.2, 0.25) is 0 Å². The van der Waals surface area contributed by atoms with Crippen molar-refractivity contribution in [1.29, 1.82) is 0 Å². The number of aliphatic hydroxyl groups is 1. The molecule has 0 amide bonds. The van der Waals surface area contributed by atoms with Crippen molar-refractivity contribution in [1.82, 2.24) is 4.90 Å². The number of piperidine rings is 1. The van der Waals surface area contributed by atoms with Crippen molar-refractivity contribution in [3.8, 4) is 11.5 Å². The average Bonchev–Trinajstić information content (AvgIpc) is 2.85. The molecule has 116 valence electrons. The van der Waals surface area contributed by atoms with Crippen LogP contribution in [0.25, 0.3) is 0 Å². The van der Waals surface area contributed by atoms with Gasteiger partial charge >= 0.3 is 0 Å². The fraction of sp³-hybridized carbons (Fsp3) is 0.556. The molecule has 1 spiro atoms. The minimum absolute atomic E-state index is 0.114. The van der Waals surface area contributed by atoms with Gasteiger partial charge < -0.3 is 19.8 Å². The number of rotatable bonds is 0. The summed E-state index contributed by atoms with van der Waals surface area (Å²) in [7, 11) is 2.11. The van der Waals surface area contributed by atoms with Crippen LogP contribution in [-0.4, -0.2) is 46.5 Å². The van der Waals surface area contributed by atoms with Crippen LogP contribution in [0.15, 0.2) is 24.3 Å². The summed E-state index contributed by atoms with van der Waals surface area (Å²) in [5.41, 5.74) is 2.10. The Balaban J connectivity index is 1.88. The normalized spacial score (nSPS) is 42.0. The van der Waals surface area contributed by atoms with Crippen LogP contribution in [0, 0.1) is 0 Å². The van der Waals surface area contributed by atoms with E-state index in [0.717, 1.165) is 43.4 Å². The molecular formula is C18H21NO3. The Morgan fingerprint density at radius 1 is 1.36 bits per heavy atom. The number of hydrogen-bond donors (Lipinski definition) is 2. The van der Waals surface area contributed by atoms with Gasteiger partial charge in [-0.2, -0.15) is 0 Å². The van der Waals surface area contributed by atoms with Gasteiger partial charge in [-0.1, -0.05) is 12.6 Å². The third-order valence-electron chi connectivity index (χ3n) is 6.68. The van der Waals surface area contributed by atoms with E-state index in [9.17, 15) is 10.2 Å². The maximum absolute atomic E-state index is 11.7. The molecule has 2 N–H and O–H groups in total. The second-order valence-corrected chi connectivity index (χ2v) is 7.45. The van der Waals surface area contributed by atoms with Crippen LogP contribution >= 0.6 is 0 Å². The number of likely N-dealkylation sites (N-methyl/N-ethyl adjacent to an activating group) is 1. The maximum atomic E-state index is 11.7. The molecule has 2 unspecified atom stereocenters. The first kappa shape index (κ1) is 13.0. The largest absolute Gasteiger partial charge is 0.504 e. The van der Waals surface area contributed by atoms with Crippen LogP contribution in [0.5, 0.6) is 11.5 Å². The van der Waals surface area contributed by atoms with E-state index >= 15 is 0 Å². The molecule has 0 radical (unpaired) electrons. The van der Waals surface area contributed by atoms with E-state index in [4.69, 9.17) is 4.74 Å². The first-order valence-corrected chi connectivity index (χ1v) is 8.11. The van der Waals surface area contributed by atoms with Crippen LogP contribution in [0.1, 0.15) is 30.4 Å². The minimum atomic E-state index is -0.794. The van der Waals surface area contributed by atoms with Gasteiger partial charge in [0.25, 0.3) is 0 Å². The first-order chi connectivity index (χ1) is 10.5. The van der Waals surface area contributed by atoms with E-state index in [2.05, 4.69) is 18.5 Å². The Bertz CT molecular complexity index is 715. The molecule has 22 heavy (non-hydrogen) atoms. The molecule has 2 aliphatic carbocycles. The third-order valence-corrected chi connectivity index (χ3v) is 6.68. The van der Waals surface area contributed by atoms with E-state index in [-0.39, 0.29) is 17.9 Å². The van der Waals surface area contributed by atoms with Gasteiger partial charge in [0.2, 0.25) is 0 Å². The summed E-state index contributed by atoms with van der Waals surface area (Å²) in [5, 5.41) is 22.0. The van der Waals surface area contributed by atoms with Crippen LogP contribution in [0.4, 0.5) is 0 Å². The van der Waals surface area contributed by atoms with Crippen molar-refractivity contribution >= 4 is 0 Å². The predicted molar refractivity (Wildman–Crippen MR) is 82.3 cm³/mol. The van der Waals surface area contributed by atoms with E-state index in [1.54, 1.807) is 6.07 Å². The molecule has 1 aromatic rings. The molecule has 4 nitrogen and oxygen atoms in total. The second-order valence-electron chi connectivity index (χ2n) is 7.45. The number of hydrogen-bond acceptors (Lipinski definition) is 4. The van der Waals surface area contributed by atoms with Gasteiger partial charge in [-0.15, -0.1) is 0 Å². The van der Waals surface area contributed by atoms with Gasteiger partial charge in [-0.25, -0.2) is 0 Å². The maximum Gasteiger partial charge on any atom is 0.166 e. The number of phenols is 1. The lowest BCUT2D eigenvalue weighted by Gasteiger charge is -2.62. The Hall–Kier alpha value is -1.52. The van der Waals surface area contributed by atoms with E-state index < -0.39 is 11.0 Å². The molecule has 4 heteroatoms. The lowest BCUT2D eigenvalue weighted by atomic mass is 9.48. The molecule has 4 aliphatic rings. The van der Waals surface area contributed by atoms with Crippen molar-refractivity contribution in [2.75, 3.05) is 13.6 Å². The monoisotopic (exact) mass is 299 g/mol. The smallest absolute Gasteiger partial charge is 0.166 e. The lowest BCUT2D eigenvalue weighted by Crippen LogP contribution is -2.74. The SMILES string of the molecule is C=C1CC[C@@]2(O)C3Cc4ccc(O)c5c4[C@@]2(CCN3C)C1O5. The van der Waals surface area contributed by atoms with Gasteiger partial charge in [-0.3, -0.25) is 0 Å². The first-order valence-electron chi connectivity index (χ1n) is 8.11. The molecule has 1 aromatic carbocycles. The molecule has 5 rings (SSSR count). The Morgan fingerprint density at radius 2 is 2.18 bits per heavy atom. The zero-order valence-electron chi connectivity index (χ0n) is 12.8. The highest BCUT2D eigenvalue weighted by Crippen LogP contribution is 2.65. The van der Waals surface area contributed by atoms with Crippen molar-refractivity contribution in [3.05, 3.63) is 35.4 Å². The molecule has 2 fully saturated rings. The molecule has 1 saturated carbocycles. The highest BCUT2D eigenvalue weighted by atomic mass is 16.5. The molecule has 1 saturated heterocycles. The number of likely N-dealkylation sites (tertiary alicyclic amines) is 1. The number of phenolic OH excluding ortho intramolecular Hbond substituents is 1. The van der Waals surface area contributed by atoms with E-state index in [0.29, 0.717) is 5.75 Å². The summed E-state index contributed by atoms with van der Waals surface area (Å²) < 4.78 is 6.19. The predicted octanol–water partition coefficient (Wildman–Crippen LogP) is 1.73. The third kappa shape index (κ3) is 1.14. The molecule has 4 atom stereocenters. The summed E-state index contributed by atoms with van der Waals surface area (Å²) in [4.78, 5) is 2.30. The molecule has 0 aromatic heterocycles. The molecule has 2 bridgehead atoms. The molecular weight excluding hydrogens is 278 g/mol. The van der Waals surface area contributed by atoms with Gasteiger partial charge in [-0.05, 0) is 56.5 Å². The average molecular weight is 299 g/mol. The van der Waals surface area contributed by atoms with E-state index in [1.807, 2.05) is 6.07 Å². The molecule has 2 aliphatic heterocycles. The zero-order valence-corrected chi connectivity index (χ0v) is 12.8. The minimum Gasteiger partial charge on any atom is -0.504 e. The highest BCUT2D eigenvalue weighted by molar-refractivity contribution is 5.63. The zero-order chi connectivity index (χ0) is 15.3. The van der Waals surface area contributed by atoms with Crippen molar-refractivity contribution in [2.45, 2.75) is 48.8 Å². The summed E-state index contributed by atoms with van der Waals surface area (Å²) in [6, 6.07) is 3.85. The summed E-state index contributed by atoms with van der Waals surface area (Å²) in [6.45, 7) is 5.16. The van der Waals surface area contributed by atoms with Crippen LogP contribution in [0.3, 0.4) is 0 Å². The topological polar surface area (TPSA) is 52.9 Å². The Labute approximate surface area is 130 Å². The quantitative estimate of drug-likeness (QED) is 0.717. The number of nitrogens with zero attached hydrogens (tertiary/aromatic N) is 1. The fourth-order valence-electron chi connectivity index (χ4n) is 5.66. The van der Waals surface area contributed by atoms with Gasteiger partial charge in [0.15, 0.2) is 11.5 Å². The van der Waals surface area contributed by atoms with Crippen molar-refractivity contribution in [2.24, 2.45) is 0 Å². The number of benzene rings is 1. The number of aromatic hydroxyl groups is 1. The van der Waals surface area contributed by atoms with Gasteiger partial charge in [0.05, 0.1) is 11.0 Å². The van der Waals surface area contributed by atoms with Gasteiger partial charge in [0, 0.05) is 11.6 Å². The lowest BCUT2D eigenvalue weighted by molar-refractivity contribution is -0.168. The van der Waals surface area contributed by atoms with Gasteiger partial charge in [0.1, 0.15) is 6.10 Å². The van der Waals surface area contributed by atoms with Crippen LogP contribution in [-0.2, 0) is 11.8 Å². The Kier molecular flexibility index (Phi) is 2.17. The van der Waals surface area contributed by atoms with Crippen molar-refractivity contribution < 1.29 is 14.9 Å². The summed E-state index contributed by atoms with van der Waals surface area (Å²) >= 11 is 0. The van der Waals surface area contributed by atoms with Crippen molar-refractivity contribution in [3.63, 3.8) is 0 Å². The fourth-order valence-corrected chi connectivity index (χ4v) is 5.66. The Morgan fingerprint density at radius 3 is 3.00 bits per heavy atom. The highest BCUT2D eigenvalue weighted by Gasteiger charge is 2.71. The molecule has 2 heterocycles. The summed E-state index contributed by atoms with van der Waals surface area (Å²) in [5.74, 6) is 0.780. The van der Waals surface area contributed by atoms with E-state index in [1.165, 1.54) is 5.56 Å². The number of ether oxygens (including phenoxy) is 1.